The van der Waals surface area contributed by atoms with Crippen molar-refractivity contribution in [1.29, 1.82) is 0 Å². The van der Waals surface area contributed by atoms with E-state index in [2.05, 4.69) is 12.2 Å². The van der Waals surface area contributed by atoms with E-state index in [1.54, 1.807) is 6.07 Å². The maximum absolute atomic E-state index is 13.3. The fraction of sp³-hybridized carbons (Fsp3) is 0.500. The topological polar surface area (TPSA) is 12.0 Å². The first kappa shape index (κ1) is 11.2. The molecule has 1 atom stereocenters. The molecule has 0 amide bonds. The molecule has 0 heterocycles. The van der Waals surface area contributed by atoms with Crippen molar-refractivity contribution in [2.24, 2.45) is 0 Å². The van der Waals surface area contributed by atoms with Gasteiger partial charge in [0, 0.05) is 11.6 Å². The normalized spacial score (nSPS) is 12.8. The zero-order valence-corrected chi connectivity index (χ0v) is 8.89. The summed E-state index contributed by atoms with van der Waals surface area (Å²) in [6.07, 6.45) is 2.30. The number of hydrogen-bond acceptors (Lipinski definition) is 1. The number of nitrogens with one attached hydrogen (secondary N) is 1. The predicted molar refractivity (Wildman–Crippen MR) is 57.7 cm³/mol. The van der Waals surface area contributed by atoms with Crippen LogP contribution in [0.2, 0.25) is 0 Å². The monoisotopic (exact) mass is 195 g/mol. The molecule has 1 nitrogen and oxygen atoms in total. The Morgan fingerprint density at radius 2 is 2.07 bits per heavy atom. The van der Waals surface area contributed by atoms with Gasteiger partial charge in [-0.15, -0.1) is 0 Å². The van der Waals surface area contributed by atoms with E-state index in [9.17, 15) is 4.39 Å². The Morgan fingerprint density at radius 3 is 2.71 bits per heavy atom. The summed E-state index contributed by atoms with van der Waals surface area (Å²) in [6, 6.07) is 7.03. The van der Waals surface area contributed by atoms with E-state index in [-0.39, 0.29) is 11.9 Å². The summed E-state index contributed by atoms with van der Waals surface area (Å²) in [5.74, 6) is -0.121. The SMILES string of the molecule is CCCCN[C@H](C)c1ccccc1F. The van der Waals surface area contributed by atoms with Crippen LogP contribution < -0.4 is 5.32 Å². The Hall–Kier alpha value is -0.890. The lowest BCUT2D eigenvalue weighted by Crippen LogP contribution is -2.20. The smallest absolute Gasteiger partial charge is 0.127 e. The van der Waals surface area contributed by atoms with Gasteiger partial charge in [0.1, 0.15) is 5.82 Å². The molecule has 0 saturated heterocycles. The number of unbranched alkanes of at least 4 members (excludes halogenated alkanes) is 1. The highest BCUT2D eigenvalue weighted by Gasteiger charge is 2.08. The molecule has 1 N–H and O–H groups in total. The minimum absolute atomic E-state index is 0.0998. The molecule has 78 valence electrons. The Morgan fingerprint density at radius 1 is 1.36 bits per heavy atom. The van der Waals surface area contributed by atoms with Gasteiger partial charge in [-0.3, -0.25) is 0 Å². The van der Waals surface area contributed by atoms with Crippen LogP contribution in [0.1, 0.15) is 38.3 Å². The third-order valence-electron chi connectivity index (χ3n) is 2.35. The number of halogens is 1. The van der Waals surface area contributed by atoms with Crippen LogP contribution in [0.5, 0.6) is 0 Å². The first-order chi connectivity index (χ1) is 6.75. The molecule has 0 fully saturated rings. The molecule has 0 radical (unpaired) electrons. The average Bonchev–Trinajstić information content (AvgIpc) is 2.18. The molecule has 0 aliphatic rings. The van der Waals surface area contributed by atoms with Gasteiger partial charge in [0.15, 0.2) is 0 Å². The quantitative estimate of drug-likeness (QED) is 0.711. The van der Waals surface area contributed by atoms with Gasteiger partial charge in [-0.25, -0.2) is 4.39 Å². The Balaban J connectivity index is 2.51. The Labute approximate surface area is 85.3 Å². The first-order valence-corrected chi connectivity index (χ1v) is 5.23. The van der Waals surface area contributed by atoms with Gasteiger partial charge in [0.25, 0.3) is 0 Å². The standard InChI is InChI=1S/C12H18FN/c1-3-4-9-14-10(2)11-7-5-6-8-12(11)13/h5-8,10,14H,3-4,9H2,1-2H3/t10-/m1/s1. The van der Waals surface area contributed by atoms with Gasteiger partial charge in [0.05, 0.1) is 0 Å². The largest absolute Gasteiger partial charge is 0.310 e. The average molecular weight is 195 g/mol. The van der Waals surface area contributed by atoms with Crippen LogP contribution in [-0.4, -0.2) is 6.54 Å². The molecule has 2 heteroatoms. The van der Waals surface area contributed by atoms with Gasteiger partial charge >= 0.3 is 0 Å². The molecular weight excluding hydrogens is 177 g/mol. The summed E-state index contributed by atoms with van der Waals surface area (Å²) in [5, 5.41) is 3.30. The van der Waals surface area contributed by atoms with Crippen molar-refractivity contribution in [2.75, 3.05) is 6.54 Å². The second-order valence-electron chi connectivity index (χ2n) is 3.55. The highest BCUT2D eigenvalue weighted by Crippen LogP contribution is 2.15. The van der Waals surface area contributed by atoms with Gasteiger partial charge in [-0.2, -0.15) is 0 Å². The van der Waals surface area contributed by atoms with Gasteiger partial charge in [-0.05, 0) is 26.0 Å². The van der Waals surface area contributed by atoms with Crippen LogP contribution in [0, 0.1) is 5.82 Å². The van der Waals surface area contributed by atoms with Crippen LogP contribution in [-0.2, 0) is 0 Å². The molecule has 1 aromatic rings. The maximum Gasteiger partial charge on any atom is 0.127 e. The number of hydrogen-bond donors (Lipinski definition) is 1. The third kappa shape index (κ3) is 3.11. The molecule has 0 aliphatic carbocycles. The summed E-state index contributed by atoms with van der Waals surface area (Å²) in [5.41, 5.74) is 0.753. The van der Waals surface area contributed by atoms with Gasteiger partial charge < -0.3 is 5.32 Å². The van der Waals surface area contributed by atoms with E-state index < -0.39 is 0 Å². The summed E-state index contributed by atoms with van der Waals surface area (Å²) in [7, 11) is 0. The zero-order valence-electron chi connectivity index (χ0n) is 8.89. The fourth-order valence-corrected chi connectivity index (χ4v) is 1.43. The van der Waals surface area contributed by atoms with E-state index >= 15 is 0 Å². The van der Waals surface area contributed by atoms with Gasteiger partial charge in [0.2, 0.25) is 0 Å². The van der Waals surface area contributed by atoms with Crippen LogP contribution in [0.25, 0.3) is 0 Å². The van der Waals surface area contributed by atoms with Crippen molar-refractivity contribution in [3.8, 4) is 0 Å². The lowest BCUT2D eigenvalue weighted by molar-refractivity contribution is 0.519. The Kier molecular flexibility index (Phi) is 4.60. The fourth-order valence-electron chi connectivity index (χ4n) is 1.43. The lowest BCUT2D eigenvalue weighted by Gasteiger charge is -2.14. The molecule has 14 heavy (non-hydrogen) atoms. The highest BCUT2D eigenvalue weighted by molar-refractivity contribution is 5.20. The molecule has 1 rings (SSSR count). The maximum atomic E-state index is 13.3. The Bertz CT molecular complexity index is 273. The summed E-state index contributed by atoms with van der Waals surface area (Å²) in [6.45, 7) is 5.09. The molecule has 0 spiro atoms. The summed E-state index contributed by atoms with van der Waals surface area (Å²) < 4.78 is 13.3. The zero-order chi connectivity index (χ0) is 10.4. The first-order valence-electron chi connectivity index (χ1n) is 5.23. The van der Waals surface area contributed by atoms with Crippen LogP contribution >= 0.6 is 0 Å². The van der Waals surface area contributed by atoms with Gasteiger partial charge in [-0.1, -0.05) is 31.5 Å². The number of rotatable bonds is 5. The minimum Gasteiger partial charge on any atom is -0.310 e. The van der Waals surface area contributed by atoms with Crippen molar-refractivity contribution in [3.05, 3.63) is 35.6 Å². The molecule has 0 unspecified atom stereocenters. The van der Waals surface area contributed by atoms with Crippen molar-refractivity contribution >= 4 is 0 Å². The van der Waals surface area contributed by atoms with Crippen molar-refractivity contribution in [3.63, 3.8) is 0 Å². The second kappa shape index (κ2) is 5.76. The van der Waals surface area contributed by atoms with E-state index in [0.29, 0.717) is 0 Å². The number of benzene rings is 1. The van der Waals surface area contributed by atoms with Crippen molar-refractivity contribution in [2.45, 2.75) is 32.7 Å². The molecule has 0 aliphatic heterocycles. The summed E-state index contributed by atoms with van der Waals surface area (Å²) in [4.78, 5) is 0. The predicted octanol–water partition coefficient (Wildman–Crippen LogP) is 3.28. The minimum atomic E-state index is -0.121. The van der Waals surface area contributed by atoms with E-state index in [4.69, 9.17) is 0 Å². The van der Waals surface area contributed by atoms with Crippen molar-refractivity contribution in [1.82, 2.24) is 5.32 Å². The molecule has 0 aromatic heterocycles. The highest BCUT2D eigenvalue weighted by atomic mass is 19.1. The molecule has 0 bridgehead atoms. The van der Waals surface area contributed by atoms with Crippen LogP contribution in [0.15, 0.2) is 24.3 Å². The summed E-state index contributed by atoms with van der Waals surface area (Å²) >= 11 is 0. The molecular formula is C12H18FN. The van der Waals surface area contributed by atoms with Crippen LogP contribution in [0.3, 0.4) is 0 Å². The molecule has 0 saturated carbocycles. The third-order valence-corrected chi connectivity index (χ3v) is 2.35. The molecule has 1 aromatic carbocycles. The van der Waals surface area contributed by atoms with E-state index in [1.807, 2.05) is 19.1 Å². The van der Waals surface area contributed by atoms with Crippen LogP contribution in [0.4, 0.5) is 4.39 Å². The second-order valence-corrected chi connectivity index (χ2v) is 3.55. The van der Waals surface area contributed by atoms with E-state index in [0.717, 1.165) is 24.9 Å². The van der Waals surface area contributed by atoms with Crippen molar-refractivity contribution < 1.29 is 4.39 Å². The lowest BCUT2D eigenvalue weighted by atomic mass is 10.1. The van der Waals surface area contributed by atoms with E-state index in [1.165, 1.54) is 6.07 Å².